The Morgan fingerprint density at radius 1 is 0.960 bits per heavy atom. The Morgan fingerprint density at radius 3 is 2.32 bits per heavy atom. The molecule has 2 aromatic carbocycles. The van der Waals surface area contributed by atoms with E-state index < -0.39 is 10.0 Å². The number of hydrogen-bond donors (Lipinski definition) is 1. The van der Waals surface area contributed by atoms with Crippen LogP contribution in [0.4, 0.5) is 0 Å². The Bertz CT molecular complexity index is 886. The van der Waals surface area contributed by atoms with Gasteiger partial charge in [0.2, 0.25) is 10.0 Å². The molecule has 1 atom stereocenters. The molecule has 0 spiro atoms. The normalized spacial score (nSPS) is 12.8. The van der Waals surface area contributed by atoms with E-state index in [0.717, 1.165) is 16.9 Å². The maximum atomic E-state index is 12.5. The molecule has 0 aliphatic rings. The summed E-state index contributed by atoms with van der Waals surface area (Å²) in [4.78, 5) is 0.274. The van der Waals surface area contributed by atoms with Crippen LogP contribution in [-0.4, -0.2) is 15.0 Å². The number of nitrogens with one attached hydrogen (secondary N) is 1. The molecule has 25 heavy (non-hydrogen) atoms. The van der Waals surface area contributed by atoms with Crippen molar-refractivity contribution in [3.63, 3.8) is 0 Å². The molecule has 0 bridgehead atoms. The van der Waals surface area contributed by atoms with Crippen LogP contribution in [0.25, 0.3) is 0 Å². The van der Waals surface area contributed by atoms with Gasteiger partial charge in [0.25, 0.3) is 0 Å². The molecule has 4 nitrogen and oxygen atoms in total. The third-order valence-electron chi connectivity index (χ3n) is 4.12. The van der Waals surface area contributed by atoms with Gasteiger partial charge >= 0.3 is 0 Å². The summed E-state index contributed by atoms with van der Waals surface area (Å²) in [7, 11) is -3.55. The average Bonchev–Trinajstić information content (AvgIpc) is 3.14. The highest BCUT2D eigenvalue weighted by Gasteiger charge is 2.20. The molecule has 0 saturated heterocycles. The Labute approximate surface area is 148 Å². The molecule has 0 aliphatic carbocycles. The van der Waals surface area contributed by atoms with Gasteiger partial charge in [0.05, 0.1) is 11.2 Å². The Balaban J connectivity index is 1.75. The van der Waals surface area contributed by atoms with E-state index in [1.165, 1.54) is 0 Å². The molecular formula is C20H21NO3S. The minimum atomic E-state index is -3.55. The van der Waals surface area contributed by atoms with E-state index in [0.29, 0.717) is 6.42 Å². The number of furan rings is 1. The van der Waals surface area contributed by atoms with Crippen LogP contribution in [0.15, 0.2) is 82.3 Å². The van der Waals surface area contributed by atoms with E-state index in [4.69, 9.17) is 4.42 Å². The summed E-state index contributed by atoms with van der Waals surface area (Å²) in [5, 5.41) is 0. The van der Waals surface area contributed by atoms with Gasteiger partial charge in [0.1, 0.15) is 5.76 Å². The van der Waals surface area contributed by atoms with E-state index in [1.807, 2.05) is 49.4 Å². The van der Waals surface area contributed by atoms with Crippen LogP contribution in [0.1, 0.15) is 22.8 Å². The quantitative estimate of drug-likeness (QED) is 0.699. The molecule has 1 N–H and O–H groups in total. The summed E-state index contributed by atoms with van der Waals surface area (Å²) < 4.78 is 33.3. The maximum absolute atomic E-state index is 12.5. The highest BCUT2D eigenvalue weighted by molar-refractivity contribution is 7.89. The van der Waals surface area contributed by atoms with Gasteiger partial charge in [-0.25, -0.2) is 13.1 Å². The van der Waals surface area contributed by atoms with Gasteiger partial charge in [-0.05, 0) is 43.2 Å². The van der Waals surface area contributed by atoms with Crippen LogP contribution in [-0.2, 0) is 16.4 Å². The Kier molecular flexibility index (Phi) is 5.36. The van der Waals surface area contributed by atoms with Crippen molar-refractivity contribution in [2.45, 2.75) is 24.2 Å². The fourth-order valence-electron chi connectivity index (χ4n) is 2.71. The van der Waals surface area contributed by atoms with Crippen LogP contribution >= 0.6 is 0 Å². The van der Waals surface area contributed by atoms with Gasteiger partial charge in [0, 0.05) is 12.5 Å². The second-order valence-corrected chi connectivity index (χ2v) is 7.83. The number of benzene rings is 2. The minimum Gasteiger partial charge on any atom is -0.469 e. The molecule has 0 fully saturated rings. The van der Waals surface area contributed by atoms with Gasteiger partial charge in [-0.3, -0.25) is 0 Å². The first kappa shape index (κ1) is 17.5. The monoisotopic (exact) mass is 355 g/mol. The zero-order chi connectivity index (χ0) is 17.7. The van der Waals surface area contributed by atoms with E-state index >= 15 is 0 Å². The number of aryl methyl sites for hydroxylation is 1. The second-order valence-electron chi connectivity index (χ2n) is 6.07. The lowest BCUT2D eigenvalue weighted by molar-refractivity contribution is 0.454. The molecular weight excluding hydrogens is 334 g/mol. The molecule has 5 heteroatoms. The fraction of sp³-hybridized carbons (Fsp3) is 0.200. The molecule has 0 saturated carbocycles. The number of sulfonamides is 1. The number of rotatable bonds is 7. The van der Waals surface area contributed by atoms with E-state index in [2.05, 4.69) is 4.72 Å². The second kappa shape index (κ2) is 7.68. The summed E-state index contributed by atoms with van der Waals surface area (Å²) in [5.74, 6) is 0.702. The molecule has 0 unspecified atom stereocenters. The van der Waals surface area contributed by atoms with E-state index in [9.17, 15) is 8.42 Å². The molecule has 1 heterocycles. The zero-order valence-electron chi connectivity index (χ0n) is 14.1. The van der Waals surface area contributed by atoms with Gasteiger partial charge in [-0.1, -0.05) is 48.0 Å². The van der Waals surface area contributed by atoms with Crippen LogP contribution < -0.4 is 4.72 Å². The lowest BCUT2D eigenvalue weighted by Gasteiger charge is -2.16. The van der Waals surface area contributed by atoms with Crippen LogP contribution in [0.5, 0.6) is 0 Å². The van der Waals surface area contributed by atoms with Gasteiger partial charge in [-0.2, -0.15) is 0 Å². The average molecular weight is 355 g/mol. The third-order valence-corrected chi connectivity index (χ3v) is 5.56. The van der Waals surface area contributed by atoms with Gasteiger partial charge in [0.15, 0.2) is 0 Å². The molecule has 3 rings (SSSR count). The van der Waals surface area contributed by atoms with E-state index in [1.54, 1.807) is 30.5 Å². The van der Waals surface area contributed by atoms with Gasteiger partial charge < -0.3 is 4.42 Å². The number of hydrogen-bond acceptors (Lipinski definition) is 3. The SMILES string of the molecule is Cc1ccc(S(=O)(=O)NC[C@@H](Cc2ccccc2)c2ccco2)cc1. The summed E-state index contributed by atoms with van der Waals surface area (Å²) >= 11 is 0. The Hall–Kier alpha value is -2.37. The minimum absolute atomic E-state index is 0.0716. The van der Waals surface area contributed by atoms with Crippen molar-refractivity contribution in [1.82, 2.24) is 4.72 Å². The zero-order valence-corrected chi connectivity index (χ0v) is 14.9. The first-order chi connectivity index (χ1) is 12.0. The summed E-state index contributed by atoms with van der Waals surface area (Å²) in [5.41, 5.74) is 2.16. The van der Waals surface area contributed by atoms with Crippen molar-refractivity contribution in [3.8, 4) is 0 Å². The van der Waals surface area contributed by atoms with Crippen LogP contribution in [0, 0.1) is 6.92 Å². The van der Waals surface area contributed by atoms with Crippen LogP contribution in [0.3, 0.4) is 0 Å². The summed E-state index contributed by atoms with van der Waals surface area (Å²) in [6, 6.07) is 20.5. The molecule has 0 amide bonds. The molecule has 0 radical (unpaired) electrons. The van der Waals surface area contributed by atoms with Crippen molar-refractivity contribution < 1.29 is 12.8 Å². The van der Waals surface area contributed by atoms with Gasteiger partial charge in [-0.15, -0.1) is 0 Å². The van der Waals surface area contributed by atoms with Crippen molar-refractivity contribution in [2.24, 2.45) is 0 Å². The summed E-state index contributed by atoms with van der Waals surface area (Å²) in [6.07, 6.45) is 2.31. The molecule has 0 aliphatic heterocycles. The standard InChI is InChI=1S/C20H21NO3S/c1-16-9-11-19(12-10-16)25(22,23)21-15-18(20-8-5-13-24-20)14-17-6-3-2-4-7-17/h2-13,18,21H,14-15H2,1H3/t18-/m1/s1. The molecule has 130 valence electrons. The first-order valence-corrected chi connectivity index (χ1v) is 9.66. The topological polar surface area (TPSA) is 59.3 Å². The van der Waals surface area contributed by atoms with Crippen molar-refractivity contribution in [3.05, 3.63) is 89.9 Å². The summed E-state index contributed by atoms with van der Waals surface area (Å²) in [6.45, 7) is 2.20. The predicted molar refractivity (Wildman–Crippen MR) is 98.0 cm³/mol. The van der Waals surface area contributed by atoms with Crippen LogP contribution in [0.2, 0.25) is 0 Å². The van der Waals surface area contributed by atoms with Crippen molar-refractivity contribution >= 4 is 10.0 Å². The maximum Gasteiger partial charge on any atom is 0.240 e. The smallest absolute Gasteiger partial charge is 0.240 e. The predicted octanol–water partition coefficient (Wildman–Crippen LogP) is 3.89. The first-order valence-electron chi connectivity index (χ1n) is 8.18. The lowest BCUT2D eigenvalue weighted by Crippen LogP contribution is -2.29. The largest absolute Gasteiger partial charge is 0.469 e. The molecule has 3 aromatic rings. The lowest BCUT2D eigenvalue weighted by atomic mass is 9.97. The third kappa shape index (κ3) is 4.59. The van der Waals surface area contributed by atoms with Crippen molar-refractivity contribution in [1.29, 1.82) is 0 Å². The highest BCUT2D eigenvalue weighted by atomic mass is 32.2. The van der Waals surface area contributed by atoms with E-state index in [-0.39, 0.29) is 17.4 Å². The van der Waals surface area contributed by atoms with Crippen molar-refractivity contribution in [2.75, 3.05) is 6.54 Å². The highest BCUT2D eigenvalue weighted by Crippen LogP contribution is 2.22. The molecule has 1 aromatic heterocycles. The Morgan fingerprint density at radius 2 is 1.68 bits per heavy atom. The fourth-order valence-corrected chi connectivity index (χ4v) is 3.79.